The lowest BCUT2D eigenvalue weighted by molar-refractivity contribution is -0.384. The Balaban J connectivity index is 1.42. The number of nitro benzene ring substituents is 1. The molecule has 10 heteroatoms. The summed E-state index contributed by atoms with van der Waals surface area (Å²) in [6, 6.07) is 4.51. The lowest BCUT2D eigenvalue weighted by atomic mass is 10.2. The summed E-state index contributed by atoms with van der Waals surface area (Å²) in [5, 5.41) is 14.6. The van der Waals surface area contributed by atoms with Gasteiger partial charge in [-0.1, -0.05) is 18.0 Å². The molecule has 0 radical (unpaired) electrons. The highest BCUT2D eigenvalue weighted by molar-refractivity contribution is 6.30. The number of hydrogen-bond acceptors (Lipinski definition) is 5. The van der Waals surface area contributed by atoms with Gasteiger partial charge in [-0.3, -0.25) is 14.9 Å². The van der Waals surface area contributed by atoms with Crippen LogP contribution in [0.5, 0.6) is 0 Å². The van der Waals surface area contributed by atoms with Crippen molar-refractivity contribution in [3.8, 4) is 0 Å². The number of nitrogens with one attached hydrogen (secondary N) is 1. The van der Waals surface area contributed by atoms with Gasteiger partial charge in [0.15, 0.2) is 0 Å². The van der Waals surface area contributed by atoms with E-state index in [4.69, 9.17) is 11.6 Å². The summed E-state index contributed by atoms with van der Waals surface area (Å²) in [4.78, 5) is 40.8. The van der Waals surface area contributed by atoms with E-state index in [0.717, 1.165) is 32.2 Å². The van der Waals surface area contributed by atoms with Crippen LogP contribution in [-0.2, 0) is 4.79 Å². The molecule has 0 bridgehead atoms. The van der Waals surface area contributed by atoms with Crippen molar-refractivity contribution in [3.05, 3.63) is 33.3 Å². The largest absolute Gasteiger partial charge is 0.362 e. The summed E-state index contributed by atoms with van der Waals surface area (Å²) in [5.41, 5.74) is 0.495. The van der Waals surface area contributed by atoms with Gasteiger partial charge in [0.25, 0.3) is 5.69 Å². The third-order valence-corrected chi connectivity index (χ3v) is 5.83. The second kappa shape index (κ2) is 10.5. The molecule has 0 aliphatic carbocycles. The van der Waals surface area contributed by atoms with Crippen LogP contribution in [0, 0.1) is 10.1 Å². The van der Waals surface area contributed by atoms with Gasteiger partial charge in [-0.2, -0.15) is 0 Å². The first-order valence-corrected chi connectivity index (χ1v) is 10.8. The molecular weight excluding hydrogens is 410 g/mol. The van der Waals surface area contributed by atoms with Crippen molar-refractivity contribution in [3.63, 3.8) is 0 Å². The lowest BCUT2D eigenvalue weighted by Gasteiger charge is -2.35. The lowest BCUT2D eigenvalue weighted by Crippen LogP contribution is -2.52. The van der Waals surface area contributed by atoms with Crippen molar-refractivity contribution in [2.75, 3.05) is 50.7 Å². The number of nitro groups is 1. The van der Waals surface area contributed by atoms with Gasteiger partial charge in [0.1, 0.15) is 5.69 Å². The molecule has 0 spiro atoms. The van der Waals surface area contributed by atoms with E-state index in [1.807, 2.05) is 9.80 Å². The topological polar surface area (TPSA) is 99.0 Å². The number of piperazine rings is 1. The van der Waals surface area contributed by atoms with E-state index < -0.39 is 4.92 Å². The first-order valence-electron chi connectivity index (χ1n) is 10.4. The van der Waals surface area contributed by atoms with Gasteiger partial charge in [0.2, 0.25) is 5.91 Å². The molecule has 2 fully saturated rings. The molecule has 30 heavy (non-hydrogen) atoms. The quantitative estimate of drug-likeness (QED) is 0.419. The summed E-state index contributed by atoms with van der Waals surface area (Å²) >= 11 is 5.88. The molecule has 164 valence electrons. The van der Waals surface area contributed by atoms with Crippen molar-refractivity contribution in [2.45, 2.75) is 32.1 Å². The average molecular weight is 438 g/mol. The average Bonchev–Trinajstić information content (AvgIpc) is 2.95. The highest BCUT2D eigenvalue weighted by atomic mass is 35.5. The summed E-state index contributed by atoms with van der Waals surface area (Å²) in [6.45, 7) is 3.99. The van der Waals surface area contributed by atoms with Crippen LogP contribution in [0.25, 0.3) is 0 Å². The number of nitrogens with zero attached hydrogens (tertiary/aromatic N) is 4. The van der Waals surface area contributed by atoms with Gasteiger partial charge in [0.05, 0.1) is 4.92 Å². The number of anilines is 1. The number of rotatable bonds is 6. The fourth-order valence-electron chi connectivity index (χ4n) is 3.91. The van der Waals surface area contributed by atoms with Crippen molar-refractivity contribution in [2.24, 2.45) is 0 Å². The van der Waals surface area contributed by atoms with Crippen molar-refractivity contribution in [1.29, 1.82) is 0 Å². The van der Waals surface area contributed by atoms with Gasteiger partial charge in [-0.25, -0.2) is 4.79 Å². The Hall–Kier alpha value is -2.55. The molecule has 0 unspecified atom stereocenters. The number of likely N-dealkylation sites (tertiary alicyclic amines) is 1. The number of carbonyl (C=O) groups excluding carboxylic acids is 2. The second-order valence-corrected chi connectivity index (χ2v) is 8.08. The number of benzene rings is 1. The Morgan fingerprint density at radius 1 is 1.13 bits per heavy atom. The van der Waals surface area contributed by atoms with Crippen LogP contribution in [0.3, 0.4) is 0 Å². The Morgan fingerprint density at radius 3 is 2.63 bits per heavy atom. The van der Waals surface area contributed by atoms with E-state index >= 15 is 0 Å². The third-order valence-electron chi connectivity index (χ3n) is 5.59. The summed E-state index contributed by atoms with van der Waals surface area (Å²) in [7, 11) is 0. The fraction of sp³-hybridized carbons (Fsp3) is 0.600. The van der Waals surface area contributed by atoms with Crippen LogP contribution in [0.1, 0.15) is 32.1 Å². The molecule has 2 heterocycles. The van der Waals surface area contributed by atoms with E-state index in [2.05, 4.69) is 5.32 Å². The Bertz CT molecular complexity index is 782. The highest BCUT2D eigenvalue weighted by Gasteiger charge is 2.26. The molecule has 1 aromatic rings. The van der Waals surface area contributed by atoms with E-state index in [0.29, 0.717) is 56.4 Å². The summed E-state index contributed by atoms with van der Waals surface area (Å²) in [5.74, 6) is 0.214. The molecule has 9 nitrogen and oxygen atoms in total. The number of amides is 3. The maximum Gasteiger partial charge on any atom is 0.317 e. The minimum atomic E-state index is -0.435. The van der Waals surface area contributed by atoms with Gasteiger partial charge in [-0.05, 0) is 31.4 Å². The van der Waals surface area contributed by atoms with Gasteiger partial charge < -0.3 is 20.0 Å². The normalized spacial score (nSPS) is 17.6. The van der Waals surface area contributed by atoms with Crippen LogP contribution >= 0.6 is 11.6 Å². The van der Waals surface area contributed by atoms with E-state index in [1.165, 1.54) is 6.07 Å². The zero-order chi connectivity index (χ0) is 21.5. The first-order chi connectivity index (χ1) is 14.5. The molecule has 0 atom stereocenters. The molecule has 0 saturated carbocycles. The third kappa shape index (κ3) is 5.75. The molecule has 2 aliphatic heterocycles. The summed E-state index contributed by atoms with van der Waals surface area (Å²) in [6.07, 6.45) is 4.48. The number of urea groups is 1. The standard InChI is InChI=1S/C20H28ClN5O4/c21-16-6-7-17(18(15-16)26(29)30)23-11-13-25(14-12-23)20(28)22-8-4-10-24-9-3-1-2-5-19(24)27/h6-7,15H,1-5,8-14H2,(H,22,28). The first kappa shape index (κ1) is 22.1. The van der Waals surface area contributed by atoms with Gasteiger partial charge in [-0.15, -0.1) is 0 Å². The minimum Gasteiger partial charge on any atom is -0.362 e. The van der Waals surface area contributed by atoms with Crippen LogP contribution in [0.4, 0.5) is 16.2 Å². The van der Waals surface area contributed by atoms with Gasteiger partial charge >= 0.3 is 6.03 Å². The molecule has 0 aromatic heterocycles. The van der Waals surface area contributed by atoms with Crippen molar-refractivity contribution in [1.82, 2.24) is 15.1 Å². The molecule has 1 aromatic carbocycles. The van der Waals surface area contributed by atoms with Crippen LogP contribution in [0.15, 0.2) is 18.2 Å². The van der Waals surface area contributed by atoms with Gasteiger partial charge in [0, 0.05) is 63.3 Å². The maximum atomic E-state index is 12.4. The van der Waals surface area contributed by atoms with Crippen molar-refractivity contribution < 1.29 is 14.5 Å². The zero-order valence-electron chi connectivity index (χ0n) is 17.0. The molecule has 2 aliphatic rings. The fourth-order valence-corrected chi connectivity index (χ4v) is 4.08. The molecule has 3 amide bonds. The minimum absolute atomic E-state index is 0.0246. The summed E-state index contributed by atoms with van der Waals surface area (Å²) < 4.78 is 0. The van der Waals surface area contributed by atoms with E-state index in [1.54, 1.807) is 17.0 Å². The van der Waals surface area contributed by atoms with E-state index in [9.17, 15) is 19.7 Å². The SMILES string of the molecule is O=C1CCCCCN1CCCNC(=O)N1CCN(c2ccc(Cl)cc2[N+](=O)[O-])CC1. The molecule has 1 N–H and O–H groups in total. The highest BCUT2D eigenvalue weighted by Crippen LogP contribution is 2.31. The van der Waals surface area contributed by atoms with Crippen LogP contribution < -0.4 is 10.2 Å². The second-order valence-electron chi connectivity index (χ2n) is 7.64. The Labute approximate surface area is 181 Å². The predicted molar refractivity (Wildman–Crippen MR) is 115 cm³/mol. The van der Waals surface area contributed by atoms with E-state index in [-0.39, 0.29) is 17.6 Å². The monoisotopic (exact) mass is 437 g/mol. The molecule has 3 rings (SSSR count). The Kier molecular flexibility index (Phi) is 7.73. The predicted octanol–water partition coefficient (Wildman–Crippen LogP) is 2.87. The number of halogens is 1. The van der Waals surface area contributed by atoms with Crippen LogP contribution in [0.2, 0.25) is 5.02 Å². The Morgan fingerprint density at radius 2 is 1.90 bits per heavy atom. The molecule has 2 saturated heterocycles. The molecular formula is C20H28ClN5O4. The van der Waals surface area contributed by atoms with Crippen LogP contribution in [-0.4, -0.2) is 72.5 Å². The number of hydrogen-bond donors (Lipinski definition) is 1. The smallest absolute Gasteiger partial charge is 0.317 e. The van der Waals surface area contributed by atoms with Crippen molar-refractivity contribution >= 4 is 34.9 Å². The zero-order valence-corrected chi connectivity index (χ0v) is 17.8. The number of carbonyl (C=O) groups is 2. The maximum absolute atomic E-state index is 12.4.